The third-order valence-electron chi connectivity index (χ3n) is 3.93. The predicted octanol–water partition coefficient (Wildman–Crippen LogP) is 1.60. The Hall–Kier alpha value is -1.56. The minimum Gasteiger partial charge on any atom is -0.399 e. The molecule has 2 N–H and O–H groups in total. The predicted molar refractivity (Wildman–Crippen MR) is 71.0 cm³/mol. The summed E-state index contributed by atoms with van der Waals surface area (Å²) >= 11 is 0. The van der Waals surface area contributed by atoms with Crippen molar-refractivity contribution in [2.75, 3.05) is 12.3 Å². The van der Waals surface area contributed by atoms with E-state index in [9.17, 15) is 13.2 Å². The van der Waals surface area contributed by atoms with E-state index in [1.54, 1.807) is 0 Å². The molecule has 0 bridgehead atoms. The van der Waals surface area contributed by atoms with Crippen molar-refractivity contribution in [1.29, 1.82) is 0 Å². The van der Waals surface area contributed by atoms with Crippen LogP contribution < -0.4 is 5.73 Å². The molecule has 0 spiro atoms. The molecular weight excluding hydrogens is 264 g/mol. The van der Waals surface area contributed by atoms with Gasteiger partial charge in [-0.15, -0.1) is 0 Å². The lowest BCUT2D eigenvalue weighted by Crippen LogP contribution is -2.34. The van der Waals surface area contributed by atoms with E-state index in [1.165, 1.54) is 18.2 Å². The van der Waals surface area contributed by atoms with Gasteiger partial charge in [-0.1, -0.05) is 12.8 Å². The third kappa shape index (κ3) is 1.90. The highest BCUT2D eigenvalue weighted by molar-refractivity contribution is 7.90. The lowest BCUT2D eigenvalue weighted by atomic mass is 10.1. The SMILES string of the molecule is Nc1ccc2c(c1)C(=O)N(CC1CCCC1)S2(=O)=O. The Bertz CT molecular complexity index is 633. The van der Waals surface area contributed by atoms with Gasteiger partial charge in [0.1, 0.15) is 4.90 Å². The molecule has 2 aliphatic rings. The molecule has 0 radical (unpaired) electrons. The number of fused-ring (bicyclic) bond motifs is 1. The smallest absolute Gasteiger partial charge is 0.269 e. The number of carbonyl (C=O) groups excluding carboxylic acids is 1. The molecule has 1 aromatic carbocycles. The van der Waals surface area contributed by atoms with Crippen molar-refractivity contribution >= 4 is 21.6 Å². The zero-order chi connectivity index (χ0) is 13.6. The number of hydrogen-bond acceptors (Lipinski definition) is 4. The summed E-state index contributed by atoms with van der Waals surface area (Å²) in [6.07, 6.45) is 4.23. The number of rotatable bonds is 2. The van der Waals surface area contributed by atoms with Crippen LogP contribution in [0, 0.1) is 5.92 Å². The number of benzene rings is 1. The molecule has 1 amide bonds. The highest BCUT2D eigenvalue weighted by Crippen LogP contribution is 2.34. The topological polar surface area (TPSA) is 80.5 Å². The molecule has 0 aromatic heterocycles. The van der Waals surface area contributed by atoms with Gasteiger partial charge >= 0.3 is 0 Å². The number of amides is 1. The quantitative estimate of drug-likeness (QED) is 0.834. The van der Waals surface area contributed by atoms with Crippen molar-refractivity contribution in [3.63, 3.8) is 0 Å². The van der Waals surface area contributed by atoms with Gasteiger partial charge in [-0.2, -0.15) is 0 Å². The van der Waals surface area contributed by atoms with E-state index in [0.717, 1.165) is 30.0 Å². The van der Waals surface area contributed by atoms with Crippen LogP contribution in [0.3, 0.4) is 0 Å². The first-order valence-electron chi connectivity index (χ1n) is 6.47. The number of nitrogens with two attached hydrogens (primary N) is 1. The van der Waals surface area contributed by atoms with Gasteiger partial charge in [0.05, 0.1) is 5.56 Å². The molecule has 6 heteroatoms. The number of nitrogen functional groups attached to an aromatic ring is 1. The zero-order valence-corrected chi connectivity index (χ0v) is 11.3. The van der Waals surface area contributed by atoms with Crippen LogP contribution >= 0.6 is 0 Å². The van der Waals surface area contributed by atoms with Crippen molar-refractivity contribution in [2.45, 2.75) is 30.6 Å². The van der Waals surface area contributed by atoms with E-state index in [-0.39, 0.29) is 10.5 Å². The van der Waals surface area contributed by atoms with Gasteiger partial charge < -0.3 is 5.73 Å². The third-order valence-corrected chi connectivity index (χ3v) is 5.73. The van der Waals surface area contributed by atoms with E-state index < -0.39 is 15.9 Å². The molecule has 3 rings (SSSR count). The molecular formula is C13H16N2O3S. The Morgan fingerprint density at radius 2 is 1.95 bits per heavy atom. The van der Waals surface area contributed by atoms with E-state index in [4.69, 9.17) is 5.73 Å². The highest BCUT2D eigenvalue weighted by Gasteiger charge is 2.42. The maximum absolute atomic E-state index is 12.4. The number of sulfonamides is 1. The van der Waals surface area contributed by atoms with Gasteiger partial charge in [-0.3, -0.25) is 4.79 Å². The monoisotopic (exact) mass is 280 g/mol. The average molecular weight is 280 g/mol. The van der Waals surface area contributed by atoms with Crippen LogP contribution in [0.2, 0.25) is 0 Å². The van der Waals surface area contributed by atoms with Gasteiger partial charge in [0, 0.05) is 12.2 Å². The van der Waals surface area contributed by atoms with Crippen LogP contribution in [0.1, 0.15) is 36.0 Å². The van der Waals surface area contributed by atoms with Crippen molar-refractivity contribution in [3.8, 4) is 0 Å². The largest absolute Gasteiger partial charge is 0.399 e. The molecule has 1 aliphatic carbocycles. The zero-order valence-electron chi connectivity index (χ0n) is 10.5. The standard InChI is InChI=1S/C13H16N2O3S/c14-10-5-6-12-11(7-10)13(16)15(19(12,17)18)8-9-3-1-2-4-9/h5-7,9H,1-4,8,14H2. The summed E-state index contributed by atoms with van der Waals surface area (Å²) in [6, 6.07) is 4.39. The Morgan fingerprint density at radius 1 is 1.26 bits per heavy atom. The molecule has 1 saturated carbocycles. The van der Waals surface area contributed by atoms with Crippen LogP contribution in [0.25, 0.3) is 0 Å². The second-order valence-electron chi connectivity index (χ2n) is 5.25. The molecule has 1 aliphatic heterocycles. The fraction of sp³-hybridized carbons (Fsp3) is 0.462. The van der Waals surface area contributed by atoms with Gasteiger partial charge in [-0.25, -0.2) is 12.7 Å². The number of hydrogen-bond donors (Lipinski definition) is 1. The molecule has 1 heterocycles. The second kappa shape index (κ2) is 4.23. The molecule has 19 heavy (non-hydrogen) atoms. The molecule has 102 valence electrons. The van der Waals surface area contributed by atoms with Crippen LogP contribution in [0.15, 0.2) is 23.1 Å². The summed E-state index contributed by atoms with van der Waals surface area (Å²) in [5.41, 5.74) is 6.24. The van der Waals surface area contributed by atoms with Gasteiger partial charge in [-0.05, 0) is 37.0 Å². The van der Waals surface area contributed by atoms with Crippen LogP contribution in [-0.4, -0.2) is 25.2 Å². The summed E-state index contributed by atoms with van der Waals surface area (Å²) in [5, 5.41) is 0. The lowest BCUT2D eigenvalue weighted by molar-refractivity contribution is 0.0857. The second-order valence-corrected chi connectivity index (χ2v) is 7.08. The van der Waals surface area contributed by atoms with E-state index in [1.807, 2.05) is 0 Å². The normalized spacial score (nSPS) is 21.9. The van der Waals surface area contributed by atoms with Gasteiger partial charge in [0.2, 0.25) is 0 Å². The maximum Gasteiger partial charge on any atom is 0.269 e. The van der Waals surface area contributed by atoms with Crippen molar-refractivity contribution in [1.82, 2.24) is 4.31 Å². The van der Waals surface area contributed by atoms with Crippen LogP contribution in [0.5, 0.6) is 0 Å². The summed E-state index contributed by atoms with van der Waals surface area (Å²) in [5.74, 6) is -0.139. The Balaban J connectivity index is 1.98. The number of nitrogens with zero attached hydrogens (tertiary/aromatic N) is 1. The van der Waals surface area contributed by atoms with E-state index in [0.29, 0.717) is 18.2 Å². The van der Waals surface area contributed by atoms with Crippen molar-refractivity contribution < 1.29 is 13.2 Å². The summed E-state index contributed by atoms with van der Waals surface area (Å²) in [7, 11) is -3.67. The van der Waals surface area contributed by atoms with Crippen LogP contribution in [-0.2, 0) is 10.0 Å². The molecule has 1 fully saturated rings. The molecule has 0 unspecified atom stereocenters. The van der Waals surface area contributed by atoms with E-state index in [2.05, 4.69) is 0 Å². The lowest BCUT2D eigenvalue weighted by Gasteiger charge is -2.19. The first kappa shape index (κ1) is 12.5. The maximum atomic E-state index is 12.4. The Labute approximate surface area is 112 Å². The molecule has 0 atom stereocenters. The first-order valence-corrected chi connectivity index (χ1v) is 7.91. The fourth-order valence-electron chi connectivity index (χ4n) is 2.91. The van der Waals surface area contributed by atoms with Crippen molar-refractivity contribution in [3.05, 3.63) is 23.8 Å². The minimum atomic E-state index is -3.67. The molecule has 5 nitrogen and oxygen atoms in total. The van der Waals surface area contributed by atoms with Crippen molar-refractivity contribution in [2.24, 2.45) is 5.92 Å². The number of anilines is 1. The summed E-state index contributed by atoms with van der Waals surface area (Å²) < 4.78 is 25.7. The summed E-state index contributed by atoms with van der Waals surface area (Å²) in [4.78, 5) is 12.3. The number of carbonyl (C=O) groups is 1. The first-order chi connectivity index (χ1) is 9.00. The molecule has 1 aromatic rings. The Morgan fingerprint density at radius 3 is 2.63 bits per heavy atom. The summed E-state index contributed by atoms with van der Waals surface area (Å²) in [6.45, 7) is 0.301. The van der Waals surface area contributed by atoms with Gasteiger partial charge in [0.15, 0.2) is 0 Å². The van der Waals surface area contributed by atoms with E-state index >= 15 is 0 Å². The highest BCUT2D eigenvalue weighted by atomic mass is 32.2. The fourth-order valence-corrected chi connectivity index (χ4v) is 4.54. The average Bonchev–Trinajstić information content (AvgIpc) is 2.92. The minimum absolute atomic E-state index is 0.0877. The Kier molecular flexibility index (Phi) is 2.78. The molecule has 0 saturated heterocycles. The van der Waals surface area contributed by atoms with Crippen LogP contribution in [0.4, 0.5) is 5.69 Å². The van der Waals surface area contributed by atoms with Gasteiger partial charge in [0.25, 0.3) is 15.9 Å².